The fraction of sp³-hybridized carbons (Fsp3) is 0.533. The molecule has 1 aromatic carbocycles. The van der Waals surface area contributed by atoms with Gasteiger partial charge in [-0.05, 0) is 31.5 Å². The molecule has 5 nitrogen and oxygen atoms in total. The first-order valence-corrected chi connectivity index (χ1v) is 7.07. The number of benzene rings is 1. The van der Waals surface area contributed by atoms with Gasteiger partial charge in [0.05, 0.1) is 30.2 Å². The topological polar surface area (TPSA) is 73.6 Å². The number of esters is 1. The quantitative estimate of drug-likeness (QED) is 0.413. The summed E-state index contributed by atoms with van der Waals surface area (Å²) in [7, 11) is 0. The number of hydrogen-bond donors (Lipinski definition) is 2. The Morgan fingerprint density at radius 3 is 2.80 bits per heavy atom. The maximum Gasteiger partial charge on any atom is 0.338 e. The smallest absolute Gasteiger partial charge is 0.338 e. The Kier molecular flexibility index (Phi) is 7.50. The van der Waals surface area contributed by atoms with Crippen LogP contribution in [0, 0.1) is 0 Å². The van der Waals surface area contributed by atoms with E-state index >= 15 is 0 Å². The van der Waals surface area contributed by atoms with Gasteiger partial charge in [0.2, 0.25) is 0 Å². The van der Waals surface area contributed by atoms with Crippen molar-refractivity contribution in [2.45, 2.75) is 26.7 Å². The average Bonchev–Trinajstić information content (AvgIpc) is 2.44. The highest BCUT2D eigenvalue weighted by atomic mass is 16.5. The van der Waals surface area contributed by atoms with E-state index in [0.29, 0.717) is 31.0 Å². The molecule has 0 aliphatic heterocycles. The van der Waals surface area contributed by atoms with Crippen molar-refractivity contribution in [1.82, 2.24) is 0 Å². The fourth-order valence-electron chi connectivity index (χ4n) is 1.66. The SMILES string of the molecule is CCCCOCCNc1cc(C(=O)OCC)ccc1N. The van der Waals surface area contributed by atoms with Crippen molar-refractivity contribution in [1.29, 1.82) is 0 Å². The molecule has 3 N–H and O–H groups in total. The van der Waals surface area contributed by atoms with E-state index in [0.717, 1.165) is 25.1 Å². The van der Waals surface area contributed by atoms with Crippen molar-refractivity contribution in [3.05, 3.63) is 23.8 Å². The second kappa shape index (κ2) is 9.20. The van der Waals surface area contributed by atoms with Gasteiger partial charge in [-0.15, -0.1) is 0 Å². The highest BCUT2D eigenvalue weighted by Gasteiger charge is 2.08. The number of anilines is 2. The molecule has 112 valence electrons. The first-order valence-electron chi connectivity index (χ1n) is 7.07. The van der Waals surface area contributed by atoms with Crippen molar-refractivity contribution in [2.24, 2.45) is 0 Å². The first kappa shape index (κ1) is 16.3. The van der Waals surface area contributed by atoms with Crippen LogP contribution in [0.4, 0.5) is 11.4 Å². The van der Waals surface area contributed by atoms with E-state index in [2.05, 4.69) is 12.2 Å². The minimum atomic E-state index is -0.338. The Morgan fingerprint density at radius 1 is 1.30 bits per heavy atom. The monoisotopic (exact) mass is 280 g/mol. The van der Waals surface area contributed by atoms with Gasteiger partial charge in [-0.3, -0.25) is 0 Å². The summed E-state index contributed by atoms with van der Waals surface area (Å²) < 4.78 is 10.4. The summed E-state index contributed by atoms with van der Waals surface area (Å²) >= 11 is 0. The van der Waals surface area contributed by atoms with Crippen LogP contribution in [0.3, 0.4) is 0 Å². The van der Waals surface area contributed by atoms with E-state index in [9.17, 15) is 4.79 Å². The largest absolute Gasteiger partial charge is 0.462 e. The molecule has 0 saturated heterocycles. The molecule has 0 radical (unpaired) electrons. The molecule has 0 fully saturated rings. The van der Waals surface area contributed by atoms with Gasteiger partial charge < -0.3 is 20.5 Å². The summed E-state index contributed by atoms with van der Waals surface area (Å²) in [5.74, 6) is -0.338. The molecule has 1 rings (SSSR count). The maximum atomic E-state index is 11.6. The van der Waals surface area contributed by atoms with E-state index in [1.165, 1.54) is 0 Å². The molecule has 0 heterocycles. The van der Waals surface area contributed by atoms with Crippen LogP contribution < -0.4 is 11.1 Å². The van der Waals surface area contributed by atoms with Crippen LogP contribution in [-0.2, 0) is 9.47 Å². The minimum Gasteiger partial charge on any atom is -0.462 e. The predicted molar refractivity (Wildman–Crippen MR) is 81.0 cm³/mol. The fourth-order valence-corrected chi connectivity index (χ4v) is 1.66. The molecule has 0 aliphatic carbocycles. The molecule has 20 heavy (non-hydrogen) atoms. The average molecular weight is 280 g/mol. The Labute approximate surface area is 120 Å². The Hall–Kier alpha value is -1.75. The summed E-state index contributed by atoms with van der Waals surface area (Å²) in [4.78, 5) is 11.6. The van der Waals surface area contributed by atoms with Crippen LogP contribution in [0.5, 0.6) is 0 Å². The Bertz CT molecular complexity index is 422. The van der Waals surface area contributed by atoms with Crippen LogP contribution in [0.25, 0.3) is 0 Å². The van der Waals surface area contributed by atoms with Gasteiger partial charge in [-0.25, -0.2) is 4.79 Å². The number of nitrogens with two attached hydrogens (primary N) is 1. The maximum absolute atomic E-state index is 11.6. The zero-order valence-corrected chi connectivity index (χ0v) is 12.3. The number of hydrogen-bond acceptors (Lipinski definition) is 5. The van der Waals surface area contributed by atoms with E-state index in [1.54, 1.807) is 25.1 Å². The first-order chi connectivity index (χ1) is 9.69. The second-order valence-corrected chi connectivity index (χ2v) is 4.42. The van der Waals surface area contributed by atoms with Crippen molar-refractivity contribution in [3.8, 4) is 0 Å². The van der Waals surface area contributed by atoms with Crippen LogP contribution >= 0.6 is 0 Å². The lowest BCUT2D eigenvalue weighted by Gasteiger charge is -2.11. The lowest BCUT2D eigenvalue weighted by atomic mass is 10.1. The normalized spacial score (nSPS) is 10.3. The van der Waals surface area contributed by atoms with E-state index < -0.39 is 0 Å². The van der Waals surface area contributed by atoms with E-state index in [-0.39, 0.29) is 5.97 Å². The molecule has 1 aromatic rings. The van der Waals surface area contributed by atoms with Crippen molar-refractivity contribution in [3.63, 3.8) is 0 Å². The summed E-state index contributed by atoms with van der Waals surface area (Å²) in [6.07, 6.45) is 2.20. The second-order valence-electron chi connectivity index (χ2n) is 4.42. The number of ether oxygens (including phenoxy) is 2. The highest BCUT2D eigenvalue weighted by Crippen LogP contribution is 2.20. The molecule has 5 heteroatoms. The number of carbonyl (C=O) groups excluding carboxylic acids is 1. The van der Waals surface area contributed by atoms with Crippen LogP contribution in [0.15, 0.2) is 18.2 Å². The van der Waals surface area contributed by atoms with E-state index in [1.807, 2.05) is 0 Å². The Balaban J connectivity index is 2.48. The van der Waals surface area contributed by atoms with E-state index in [4.69, 9.17) is 15.2 Å². The molecule has 0 bridgehead atoms. The summed E-state index contributed by atoms with van der Waals surface area (Å²) in [5.41, 5.74) is 7.70. The molecule has 0 spiro atoms. The zero-order valence-electron chi connectivity index (χ0n) is 12.3. The number of nitrogen functional groups attached to an aromatic ring is 1. The number of unbranched alkanes of at least 4 members (excludes halogenated alkanes) is 1. The summed E-state index contributed by atoms with van der Waals surface area (Å²) in [6.45, 7) is 6.31. The summed E-state index contributed by atoms with van der Waals surface area (Å²) in [6, 6.07) is 5.07. The zero-order chi connectivity index (χ0) is 14.8. The standard InChI is InChI=1S/C15H24N2O3/c1-3-5-9-19-10-8-17-14-11-12(6-7-13(14)16)15(18)20-4-2/h6-7,11,17H,3-5,8-10,16H2,1-2H3. The third-order valence-corrected chi connectivity index (χ3v) is 2.77. The predicted octanol–water partition coefficient (Wildman–Crippen LogP) is 2.67. The van der Waals surface area contributed by atoms with Crippen LogP contribution in [0.2, 0.25) is 0 Å². The van der Waals surface area contributed by atoms with Gasteiger partial charge in [-0.2, -0.15) is 0 Å². The molecule has 0 saturated carbocycles. The van der Waals surface area contributed by atoms with Gasteiger partial charge in [0.1, 0.15) is 0 Å². The molecule has 0 aromatic heterocycles. The lowest BCUT2D eigenvalue weighted by Crippen LogP contribution is -2.12. The Morgan fingerprint density at radius 2 is 2.10 bits per heavy atom. The lowest BCUT2D eigenvalue weighted by molar-refractivity contribution is 0.0526. The van der Waals surface area contributed by atoms with Crippen LogP contribution in [0.1, 0.15) is 37.0 Å². The van der Waals surface area contributed by atoms with Crippen molar-refractivity contribution in [2.75, 3.05) is 37.4 Å². The number of nitrogens with one attached hydrogen (secondary N) is 1. The minimum absolute atomic E-state index is 0.338. The van der Waals surface area contributed by atoms with Gasteiger partial charge in [0.15, 0.2) is 0 Å². The van der Waals surface area contributed by atoms with Crippen LogP contribution in [-0.4, -0.2) is 32.3 Å². The molecule has 0 amide bonds. The van der Waals surface area contributed by atoms with Gasteiger partial charge in [0, 0.05) is 13.2 Å². The molecule has 0 atom stereocenters. The molecular weight excluding hydrogens is 256 g/mol. The molecule has 0 aliphatic rings. The van der Waals surface area contributed by atoms with Crippen molar-refractivity contribution < 1.29 is 14.3 Å². The third kappa shape index (κ3) is 5.48. The van der Waals surface area contributed by atoms with Gasteiger partial charge >= 0.3 is 5.97 Å². The third-order valence-electron chi connectivity index (χ3n) is 2.77. The van der Waals surface area contributed by atoms with Gasteiger partial charge in [-0.1, -0.05) is 13.3 Å². The molecular formula is C15H24N2O3. The summed E-state index contributed by atoms with van der Waals surface area (Å²) in [5, 5.41) is 3.17. The highest BCUT2D eigenvalue weighted by molar-refractivity contribution is 5.92. The van der Waals surface area contributed by atoms with Crippen molar-refractivity contribution >= 4 is 17.3 Å². The number of carbonyl (C=O) groups is 1. The number of rotatable bonds is 9. The van der Waals surface area contributed by atoms with Gasteiger partial charge in [0.25, 0.3) is 0 Å². The molecule has 0 unspecified atom stereocenters.